The second kappa shape index (κ2) is 2.96. The van der Waals surface area contributed by atoms with Gasteiger partial charge in [-0.1, -0.05) is 48.5 Å². The molecule has 2 aliphatic heterocycles. The Labute approximate surface area is 95.1 Å². The summed E-state index contributed by atoms with van der Waals surface area (Å²) in [5.41, 5.74) is 5.93. The summed E-state index contributed by atoms with van der Waals surface area (Å²) in [6.45, 7) is 0. The molecule has 0 fully saturated rings. The van der Waals surface area contributed by atoms with Crippen LogP contribution < -0.4 is 5.32 Å². The summed E-state index contributed by atoms with van der Waals surface area (Å²) in [5, 5.41) is 3.71. The molecule has 0 amide bonds. The highest BCUT2D eigenvalue weighted by Crippen LogP contribution is 2.43. The van der Waals surface area contributed by atoms with Gasteiger partial charge in [-0.05, 0) is 28.7 Å². The maximum atomic E-state index is 3.71. The monoisotopic (exact) mass is 207 g/mol. The van der Waals surface area contributed by atoms with E-state index in [9.17, 15) is 0 Å². The SMILES string of the molecule is c1ccc2c(c1)C[C@H]1N[C@H]2c2ccccc21. The van der Waals surface area contributed by atoms with Crippen LogP contribution in [-0.4, -0.2) is 0 Å². The highest BCUT2D eigenvalue weighted by molar-refractivity contribution is 5.50. The molecule has 0 saturated heterocycles. The molecule has 2 atom stereocenters. The maximum Gasteiger partial charge on any atom is 0.0587 e. The third kappa shape index (κ3) is 0.987. The highest BCUT2D eigenvalue weighted by atomic mass is 15.0. The highest BCUT2D eigenvalue weighted by Gasteiger charge is 2.36. The van der Waals surface area contributed by atoms with Gasteiger partial charge < -0.3 is 0 Å². The lowest BCUT2D eigenvalue weighted by Crippen LogP contribution is -2.26. The summed E-state index contributed by atoms with van der Waals surface area (Å²) in [6, 6.07) is 18.6. The summed E-state index contributed by atoms with van der Waals surface area (Å²) in [7, 11) is 0. The fourth-order valence-corrected chi connectivity index (χ4v) is 3.12. The van der Waals surface area contributed by atoms with Crippen molar-refractivity contribution in [1.29, 1.82) is 0 Å². The summed E-state index contributed by atoms with van der Waals surface area (Å²) in [6.07, 6.45) is 1.13. The van der Waals surface area contributed by atoms with Crippen LogP contribution in [0.2, 0.25) is 0 Å². The van der Waals surface area contributed by atoms with E-state index >= 15 is 0 Å². The van der Waals surface area contributed by atoms with E-state index in [4.69, 9.17) is 0 Å². The van der Waals surface area contributed by atoms with Crippen molar-refractivity contribution in [1.82, 2.24) is 5.32 Å². The molecular weight excluding hydrogens is 194 g/mol. The van der Waals surface area contributed by atoms with Crippen LogP contribution in [0.1, 0.15) is 34.3 Å². The van der Waals surface area contributed by atoms with Crippen molar-refractivity contribution in [2.45, 2.75) is 18.5 Å². The second-order valence-corrected chi connectivity index (χ2v) is 4.68. The van der Waals surface area contributed by atoms with Crippen LogP contribution in [0.5, 0.6) is 0 Å². The van der Waals surface area contributed by atoms with Gasteiger partial charge in [-0.2, -0.15) is 0 Å². The standard InChI is InChI=1S/C15H13N/c1-2-6-11-10(5-1)9-14-12-7-3-4-8-13(12)15(11)16-14/h1-8,14-16H,9H2/t14-,15-/m1/s1. The van der Waals surface area contributed by atoms with Crippen molar-refractivity contribution in [3.63, 3.8) is 0 Å². The van der Waals surface area contributed by atoms with Crippen molar-refractivity contribution >= 4 is 0 Å². The molecule has 1 N–H and O–H groups in total. The average molecular weight is 207 g/mol. The number of rotatable bonds is 0. The van der Waals surface area contributed by atoms with Gasteiger partial charge in [-0.25, -0.2) is 0 Å². The Bertz CT molecular complexity index is 548. The first-order valence-corrected chi connectivity index (χ1v) is 5.86. The number of fused-ring (bicyclic) bond motifs is 7. The van der Waals surface area contributed by atoms with Crippen LogP contribution in [0.15, 0.2) is 48.5 Å². The quantitative estimate of drug-likeness (QED) is 0.700. The van der Waals surface area contributed by atoms with Crippen LogP contribution in [0, 0.1) is 0 Å². The van der Waals surface area contributed by atoms with Gasteiger partial charge in [0.15, 0.2) is 0 Å². The van der Waals surface area contributed by atoms with Crippen molar-refractivity contribution in [2.75, 3.05) is 0 Å². The molecule has 0 saturated carbocycles. The third-order valence-corrected chi connectivity index (χ3v) is 3.84. The van der Waals surface area contributed by atoms with Crippen molar-refractivity contribution < 1.29 is 0 Å². The molecule has 1 nitrogen and oxygen atoms in total. The normalized spacial score (nSPS) is 25.0. The summed E-state index contributed by atoms with van der Waals surface area (Å²) >= 11 is 0. The Morgan fingerprint density at radius 3 is 2.38 bits per heavy atom. The van der Waals surface area contributed by atoms with E-state index in [0.717, 1.165) is 6.42 Å². The Morgan fingerprint density at radius 2 is 1.50 bits per heavy atom. The van der Waals surface area contributed by atoms with E-state index in [1.54, 1.807) is 0 Å². The van der Waals surface area contributed by atoms with E-state index in [2.05, 4.69) is 53.8 Å². The van der Waals surface area contributed by atoms with Crippen LogP contribution in [0.4, 0.5) is 0 Å². The number of hydrogen-bond acceptors (Lipinski definition) is 1. The molecule has 2 heterocycles. The summed E-state index contributed by atoms with van der Waals surface area (Å²) in [4.78, 5) is 0. The Morgan fingerprint density at radius 1 is 0.812 bits per heavy atom. The van der Waals surface area contributed by atoms with E-state index in [1.165, 1.54) is 22.3 Å². The molecule has 2 bridgehead atoms. The van der Waals surface area contributed by atoms with Crippen molar-refractivity contribution in [3.05, 3.63) is 70.8 Å². The third-order valence-electron chi connectivity index (χ3n) is 3.84. The molecule has 1 heteroatoms. The van der Waals surface area contributed by atoms with Gasteiger partial charge in [0.25, 0.3) is 0 Å². The van der Waals surface area contributed by atoms with Gasteiger partial charge in [0, 0.05) is 6.04 Å². The number of nitrogens with one attached hydrogen (secondary N) is 1. The van der Waals surface area contributed by atoms with Gasteiger partial charge in [0.05, 0.1) is 6.04 Å². The number of benzene rings is 2. The van der Waals surface area contributed by atoms with Gasteiger partial charge in [0.2, 0.25) is 0 Å². The molecular formula is C15H13N. The minimum Gasteiger partial charge on any atom is -0.299 e. The first-order chi connectivity index (χ1) is 7.93. The van der Waals surface area contributed by atoms with Crippen LogP contribution >= 0.6 is 0 Å². The molecule has 0 aromatic heterocycles. The minimum absolute atomic E-state index is 0.422. The zero-order valence-corrected chi connectivity index (χ0v) is 8.98. The first kappa shape index (κ1) is 8.54. The fourth-order valence-electron chi connectivity index (χ4n) is 3.12. The molecule has 4 rings (SSSR count). The average Bonchev–Trinajstić information content (AvgIpc) is 2.65. The van der Waals surface area contributed by atoms with E-state index < -0.39 is 0 Å². The smallest absolute Gasteiger partial charge is 0.0587 e. The molecule has 2 aliphatic rings. The zero-order chi connectivity index (χ0) is 10.5. The minimum atomic E-state index is 0.422. The molecule has 78 valence electrons. The molecule has 0 radical (unpaired) electrons. The molecule has 2 aromatic rings. The van der Waals surface area contributed by atoms with Crippen LogP contribution in [0.25, 0.3) is 0 Å². The molecule has 0 aliphatic carbocycles. The lowest BCUT2D eigenvalue weighted by molar-refractivity contribution is 0.502. The van der Waals surface area contributed by atoms with E-state index in [1.807, 2.05) is 0 Å². The van der Waals surface area contributed by atoms with E-state index in [0.29, 0.717) is 12.1 Å². The zero-order valence-electron chi connectivity index (χ0n) is 8.98. The Kier molecular flexibility index (Phi) is 1.58. The van der Waals surface area contributed by atoms with Gasteiger partial charge >= 0.3 is 0 Å². The van der Waals surface area contributed by atoms with Gasteiger partial charge in [-0.3, -0.25) is 5.32 Å². The lowest BCUT2D eigenvalue weighted by atomic mass is 9.94. The predicted octanol–water partition coefficient (Wildman–Crippen LogP) is 2.98. The number of hydrogen-bond donors (Lipinski definition) is 1. The van der Waals surface area contributed by atoms with E-state index in [-0.39, 0.29) is 0 Å². The van der Waals surface area contributed by atoms with Crippen LogP contribution in [0.3, 0.4) is 0 Å². The molecule has 16 heavy (non-hydrogen) atoms. The second-order valence-electron chi connectivity index (χ2n) is 4.68. The van der Waals surface area contributed by atoms with Crippen LogP contribution in [-0.2, 0) is 6.42 Å². The Hall–Kier alpha value is -1.60. The topological polar surface area (TPSA) is 12.0 Å². The van der Waals surface area contributed by atoms with Gasteiger partial charge in [0.1, 0.15) is 0 Å². The Balaban J connectivity index is 1.98. The van der Waals surface area contributed by atoms with Crippen molar-refractivity contribution in [3.8, 4) is 0 Å². The summed E-state index contributed by atoms with van der Waals surface area (Å²) in [5.74, 6) is 0. The maximum absolute atomic E-state index is 3.71. The van der Waals surface area contributed by atoms with Crippen molar-refractivity contribution in [2.24, 2.45) is 0 Å². The summed E-state index contributed by atoms with van der Waals surface area (Å²) < 4.78 is 0. The van der Waals surface area contributed by atoms with Gasteiger partial charge in [-0.15, -0.1) is 0 Å². The predicted molar refractivity (Wildman–Crippen MR) is 64.3 cm³/mol. The molecule has 0 unspecified atom stereocenters. The first-order valence-electron chi connectivity index (χ1n) is 5.86. The molecule has 2 aromatic carbocycles. The largest absolute Gasteiger partial charge is 0.299 e. The lowest BCUT2D eigenvalue weighted by Gasteiger charge is -2.24. The molecule has 0 spiro atoms. The fraction of sp³-hybridized carbons (Fsp3) is 0.200.